The number of hydrogen-bond donors (Lipinski definition) is 1. The highest BCUT2D eigenvalue weighted by Gasteiger charge is 2.53. The van der Waals surface area contributed by atoms with Crippen LogP contribution in [0.1, 0.15) is 52.9 Å². The second kappa shape index (κ2) is 3.73. The van der Waals surface area contributed by atoms with E-state index < -0.39 is 0 Å². The molecule has 0 spiro atoms. The van der Waals surface area contributed by atoms with Crippen molar-refractivity contribution < 1.29 is 0 Å². The number of rotatable bonds is 2. The van der Waals surface area contributed by atoms with E-state index in [0.717, 1.165) is 29.7 Å². The van der Waals surface area contributed by atoms with Crippen molar-refractivity contribution in [3.8, 4) is 0 Å². The number of hydrogen-bond acceptors (Lipinski definition) is 1. The Morgan fingerprint density at radius 2 is 1.75 bits per heavy atom. The zero-order valence-corrected chi connectivity index (χ0v) is 11.1. The van der Waals surface area contributed by atoms with Gasteiger partial charge in [-0.3, -0.25) is 0 Å². The van der Waals surface area contributed by atoms with E-state index in [-0.39, 0.29) is 0 Å². The third kappa shape index (κ3) is 1.81. The van der Waals surface area contributed by atoms with E-state index in [0.29, 0.717) is 5.41 Å². The molecule has 0 radical (unpaired) electrons. The first-order chi connectivity index (χ1) is 7.54. The van der Waals surface area contributed by atoms with Gasteiger partial charge in [-0.25, -0.2) is 0 Å². The molecule has 1 nitrogen and oxygen atoms in total. The topological polar surface area (TPSA) is 12.0 Å². The minimum atomic E-state index is 0.441. The normalized spacial score (nSPS) is 46.3. The second-order valence-electron chi connectivity index (χ2n) is 7.70. The zero-order valence-electron chi connectivity index (χ0n) is 11.1. The Hall–Kier alpha value is -0.0400. The third-order valence-corrected chi connectivity index (χ3v) is 5.32. The van der Waals surface area contributed by atoms with Crippen molar-refractivity contribution in [1.82, 2.24) is 5.32 Å². The van der Waals surface area contributed by atoms with E-state index >= 15 is 0 Å². The first kappa shape index (κ1) is 11.1. The van der Waals surface area contributed by atoms with Crippen LogP contribution >= 0.6 is 0 Å². The van der Waals surface area contributed by atoms with Crippen LogP contribution in [0.5, 0.6) is 0 Å². The molecule has 92 valence electrons. The molecule has 2 bridgehead atoms. The van der Waals surface area contributed by atoms with E-state index in [9.17, 15) is 0 Å². The molecular formula is C15H27N. The smallest absolute Gasteiger partial charge is 0.0101 e. The van der Waals surface area contributed by atoms with Crippen molar-refractivity contribution in [2.75, 3.05) is 6.54 Å². The summed E-state index contributed by atoms with van der Waals surface area (Å²) in [4.78, 5) is 0. The standard InChI is InChI=1S/C15H27N/c1-15(2,3)9-16-14-8-10-7-13(14)12-6-4-5-11(10)12/h10-14,16H,4-9H2,1-3H3. The van der Waals surface area contributed by atoms with Crippen LogP contribution in [0.2, 0.25) is 0 Å². The van der Waals surface area contributed by atoms with E-state index in [2.05, 4.69) is 26.1 Å². The summed E-state index contributed by atoms with van der Waals surface area (Å²) in [5.74, 6) is 4.38. The molecule has 5 atom stereocenters. The third-order valence-electron chi connectivity index (χ3n) is 5.32. The van der Waals surface area contributed by atoms with Crippen LogP contribution < -0.4 is 5.32 Å². The number of nitrogens with one attached hydrogen (secondary N) is 1. The van der Waals surface area contributed by atoms with Crippen LogP contribution in [0.4, 0.5) is 0 Å². The van der Waals surface area contributed by atoms with E-state index in [4.69, 9.17) is 0 Å². The van der Waals surface area contributed by atoms with Crippen LogP contribution in [0.3, 0.4) is 0 Å². The molecule has 0 aromatic rings. The Labute approximate surface area is 100 Å². The predicted molar refractivity (Wildman–Crippen MR) is 68.3 cm³/mol. The highest BCUT2D eigenvalue weighted by Crippen LogP contribution is 2.58. The van der Waals surface area contributed by atoms with Gasteiger partial charge < -0.3 is 5.32 Å². The van der Waals surface area contributed by atoms with Crippen molar-refractivity contribution in [1.29, 1.82) is 0 Å². The first-order valence-electron chi connectivity index (χ1n) is 7.28. The highest BCUT2D eigenvalue weighted by atomic mass is 15.0. The molecular weight excluding hydrogens is 194 g/mol. The highest BCUT2D eigenvalue weighted by molar-refractivity contribution is 5.05. The molecule has 0 amide bonds. The molecule has 0 aliphatic heterocycles. The summed E-state index contributed by atoms with van der Waals surface area (Å²) in [5.41, 5.74) is 0.441. The van der Waals surface area contributed by atoms with Crippen molar-refractivity contribution in [2.45, 2.75) is 58.9 Å². The minimum absolute atomic E-state index is 0.441. The van der Waals surface area contributed by atoms with Gasteiger partial charge in [0, 0.05) is 12.6 Å². The van der Waals surface area contributed by atoms with Gasteiger partial charge in [0.15, 0.2) is 0 Å². The average molecular weight is 221 g/mol. The van der Waals surface area contributed by atoms with Gasteiger partial charge in [0.05, 0.1) is 0 Å². The van der Waals surface area contributed by atoms with E-state index in [1.54, 1.807) is 19.3 Å². The van der Waals surface area contributed by atoms with Crippen molar-refractivity contribution >= 4 is 0 Å². The predicted octanol–water partition coefficient (Wildman–Crippen LogP) is 3.45. The maximum Gasteiger partial charge on any atom is 0.0101 e. The Morgan fingerprint density at radius 1 is 1.00 bits per heavy atom. The molecule has 1 N–H and O–H groups in total. The second-order valence-corrected chi connectivity index (χ2v) is 7.70. The van der Waals surface area contributed by atoms with Gasteiger partial charge in [0.2, 0.25) is 0 Å². The van der Waals surface area contributed by atoms with Crippen LogP contribution in [-0.4, -0.2) is 12.6 Å². The lowest BCUT2D eigenvalue weighted by Crippen LogP contribution is -2.42. The van der Waals surface area contributed by atoms with E-state index in [1.165, 1.54) is 19.4 Å². The lowest BCUT2D eigenvalue weighted by atomic mass is 9.79. The van der Waals surface area contributed by atoms with Crippen LogP contribution in [0.15, 0.2) is 0 Å². The van der Waals surface area contributed by atoms with Crippen LogP contribution in [0, 0.1) is 29.1 Å². The van der Waals surface area contributed by atoms with Gasteiger partial charge >= 0.3 is 0 Å². The molecule has 3 saturated carbocycles. The Kier molecular flexibility index (Phi) is 2.58. The zero-order chi connectivity index (χ0) is 11.3. The quantitative estimate of drug-likeness (QED) is 0.753. The fraction of sp³-hybridized carbons (Fsp3) is 1.00. The fourth-order valence-electron chi connectivity index (χ4n) is 4.74. The molecule has 0 aromatic heterocycles. The Balaban J connectivity index is 1.60. The maximum absolute atomic E-state index is 3.87. The molecule has 0 aromatic carbocycles. The summed E-state index contributed by atoms with van der Waals surface area (Å²) in [6.07, 6.45) is 7.66. The fourth-order valence-corrected chi connectivity index (χ4v) is 4.74. The summed E-state index contributed by atoms with van der Waals surface area (Å²) in [7, 11) is 0. The first-order valence-corrected chi connectivity index (χ1v) is 7.28. The van der Waals surface area contributed by atoms with Crippen LogP contribution in [0.25, 0.3) is 0 Å². The average Bonchev–Trinajstić information content (AvgIpc) is 2.85. The Morgan fingerprint density at radius 3 is 2.50 bits per heavy atom. The van der Waals surface area contributed by atoms with Crippen molar-refractivity contribution in [3.05, 3.63) is 0 Å². The molecule has 3 fully saturated rings. The maximum atomic E-state index is 3.87. The monoisotopic (exact) mass is 221 g/mol. The van der Waals surface area contributed by atoms with Gasteiger partial charge in [0.1, 0.15) is 0 Å². The van der Waals surface area contributed by atoms with Crippen molar-refractivity contribution in [3.63, 3.8) is 0 Å². The molecule has 5 unspecified atom stereocenters. The van der Waals surface area contributed by atoms with Gasteiger partial charge in [-0.1, -0.05) is 27.2 Å². The van der Waals surface area contributed by atoms with Gasteiger partial charge in [-0.05, 0) is 54.8 Å². The summed E-state index contributed by atoms with van der Waals surface area (Å²) in [6.45, 7) is 8.21. The van der Waals surface area contributed by atoms with Gasteiger partial charge in [0.25, 0.3) is 0 Å². The van der Waals surface area contributed by atoms with Gasteiger partial charge in [-0.15, -0.1) is 0 Å². The molecule has 3 rings (SSSR count). The molecule has 0 saturated heterocycles. The lowest BCUT2D eigenvalue weighted by molar-refractivity contribution is 0.196. The molecule has 3 aliphatic rings. The number of fused-ring (bicyclic) bond motifs is 5. The summed E-state index contributed by atoms with van der Waals surface area (Å²) in [6, 6.07) is 0.864. The van der Waals surface area contributed by atoms with Crippen molar-refractivity contribution in [2.24, 2.45) is 29.1 Å². The largest absolute Gasteiger partial charge is 0.313 e. The molecule has 16 heavy (non-hydrogen) atoms. The molecule has 3 aliphatic carbocycles. The van der Waals surface area contributed by atoms with Crippen LogP contribution in [-0.2, 0) is 0 Å². The van der Waals surface area contributed by atoms with E-state index in [1.807, 2.05) is 0 Å². The summed E-state index contributed by atoms with van der Waals surface area (Å²) >= 11 is 0. The minimum Gasteiger partial charge on any atom is -0.313 e. The summed E-state index contributed by atoms with van der Waals surface area (Å²) in [5, 5.41) is 3.87. The molecule has 1 heteroatoms. The lowest BCUT2D eigenvalue weighted by Gasteiger charge is -2.34. The molecule has 0 heterocycles. The summed E-state index contributed by atoms with van der Waals surface area (Å²) < 4.78 is 0. The SMILES string of the molecule is CC(C)(C)CNC1CC2CC1C1CCCC21. The van der Waals surface area contributed by atoms with Gasteiger partial charge in [-0.2, -0.15) is 0 Å². The Bertz CT molecular complexity index is 265.